The average molecular weight is 454 g/mol. The Morgan fingerprint density at radius 2 is 2.00 bits per heavy atom. The van der Waals surface area contributed by atoms with Crippen LogP contribution in [0.5, 0.6) is 5.75 Å². The van der Waals surface area contributed by atoms with E-state index < -0.39 is 17.8 Å². The average Bonchev–Trinajstić information content (AvgIpc) is 3.32. The summed E-state index contributed by atoms with van der Waals surface area (Å²) in [6, 6.07) is 4.63. The van der Waals surface area contributed by atoms with Crippen molar-refractivity contribution in [3.8, 4) is 5.75 Å². The van der Waals surface area contributed by atoms with Crippen LogP contribution in [0, 0.1) is 0 Å². The Morgan fingerprint density at radius 1 is 1.18 bits per heavy atom. The Hall–Kier alpha value is -3.89. The maximum atomic E-state index is 13.6. The lowest BCUT2D eigenvalue weighted by molar-refractivity contribution is -0.137. The summed E-state index contributed by atoms with van der Waals surface area (Å²) in [4.78, 5) is 28.0. The predicted octanol–water partition coefficient (Wildman–Crippen LogP) is 3.62. The number of alkyl halides is 3. The molecule has 1 unspecified atom stereocenters. The number of benzene rings is 1. The van der Waals surface area contributed by atoms with E-state index in [-0.39, 0.29) is 30.1 Å². The molecule has 4 aromatic rings. The molecular formula is C22H17F3N6O2. The van der Waals surface area contributed by atoms with Gasteiger partial charge in [-0.05, 0) is 31.0 Å². The van der Waals surface area contributed by atoms with Crippen molar-refractivity contribution >= 4 is 28.4 Å². The molecule has 3 aromatic heterocycles. The number of halogens is 3. The smallest absolute Gasteiger partial charge is 0.416 e. The molecule has 1 aromatic carbocycles. The standard InChI is InChI=1S/C22H17F3N6O2/c23-22(24,25)12-1-4-14-17(9-33-18(14)6-12)31(13-2-3-13)21(32)11-5-15-20(28-7-11)29-19(26)16-8-27-10-30(15)16/h1,4-8,10,13,17H,2-3,9H2,(H2,26,28,29). The molecule has 0 spiro atoms. The van der Waals surface area contributed by atoms with Crippen LogP contribution in [0.25, 0.3) is 16.7 Å². The molecule has 2 N–H and O–H groups in total. The van der Waals surface area contributed by atoms with Crippen LogP contribution in [0.1, 0.15) is 40.4 Å². The van der Waals surface area contributed by atoms with Gasteiger partial charge in [-0.1, -0.05) is 6.07 Å². The van der Waals surface area contributed by atoms with E-state index in [0.717, 1.165) is 25.0 Å². The summed E-state index contributed by atoms with van der Waals surface area (Å²) in [6.07, 6.45) is 1.78. The minimum Gasteiger partial charge on any atom is -0.491 e. The summed E-state index contributed by atoms with van der Waals surface area (Å²) < 4.78 is 46.6. The third-order valence-corrected chi connectivity index (χ3v) is 6.09. The number of nitrogen functional groups attached to an aromatic ring is 1. The molecule has 8 nitrogen and oxygen atoms in total. The lowest BCUT2D eigenvalue weighted by Gasteiger charge is -2.28. The van der Waals surface area contributed by atoms with Gasteiger partial charge in [-0.25, -0.2) is 15.0 Å². The topological polar surface area (TPSA) is 98.6 Å². The fourth-order valence-corrected chi connectivity index (χ4v) is 4.34. The van der Waals surface area contributed by atoms with Crippen molar-refractivity contribution in [3.63, 3.8) is 0 Å². The number of carbonyl (C=O) groups is 1. The van der Waals surface area contributed by atoms with Crippen molar-refractivity contribution < 1.29 is 22.7 Å². The van der Waals surface area contributed by atoms with Crippen LogP contribution in [0.2, 0.25) is 0 Å². The number of nitrogens with two attached hydrogens (primary N) is 1. The van der Waals surface area contributed by atoms with Gasteiger partial charge in [-0.2, -0.15) is 13.2 Å². The minimum absolute atomic E-state index is 0.00662. The molecule has 1 atom stereocenters. The Labute approximate surface area is 184 Å². The molecule has 6 rings (SSSR count). The van der Waals surface area contributed by atoms with Crippen LogP contribution in [0.3, 0.4) is 0 Å². The summed E-state index contributed by atoms with van der Waals surface area (Å²) in [6.45, 7) is 0.101. The van der Waals surface area contributed by atoms with Crippen molar-refractivity contribution in [3.05, 3.63) is 59.7 Å². The third kappa shape index (κ3) is 3.14. The Bertz CT molecular complexity index is 1430. The lowest BCUT2D eigenvalue weighted by Crippen LogP contribution is -2.37. The zero-order valence-corrected chi connectivity index (χ0v) is 17.1. The maximum absolute atomic E-state index is 13.6. The highest BCUT2D eigenvalue weighted by Crippen LogP contribution is 2.44. The number of amides is 1. The first kappa shape index (κ1) is 19.8. The second-order valence-electron chi connectivity index (χ2n) is 8.23. The first-order valence-corrected chi connectivity index (χ1v) is 10.3. The monoisotopic (exact) mass is 454 g/mol. The molecule has 0 saturated heterocycles. The number of hydrogen-bond acceptors (Lipinski definition) is 6. The normalized spacial score (nSPS) is 17.8. The fraction of sp³-hybridized carbons (Fsp3) is 0.273. The van der Waals surface area contributed by atoms with Crippen LogP contribution in [-0.2, 0) is 6.18 Å². The fourth-order valence-electron chi connectivity index (χ4n) is 4.34. The number of nitrogens with zero attached hydrogens (tertiary/aromatic N) is 5. The number of anilines is 1. The van der Waals surface area contributed by atoms with Gasteiger partial charge in [0.15, 0.2) is 11.5 Å². The van der Waals surface area contributed by atoms with Gasteiger partial charge < -0.3 is 15.4 Å². The number of aromatic nitrogens is 4. The van der Waals surface area contributed by atoms with Crippen molar-refractivity contribution in [2.24, 2.45) is 0 Å². The molecule has 1 fully saturated rings. The van der Waals surface area contributed by atoms with E-state index in [1.54, 1.807) is 27.9 Å². The Balaban J connectivity index is 1.39. The van der Waals surface area contributed by atoms with Crippen LogP contribution in [0.15, 0.2) is 43.0 Å². The summed E-state index contributed by atoms with van der Waals surface area (Å²) in [5.41, 5.74) is 7.65. The summed E-state index contributed by atoms with van der Waals surface area (Å²) in [5.74, 6) is 0.173. The van der Waals surface area contributed by atoms with Gasteiger partial charge in [0.05, 0.1) is 35.2 Å². The summed E-state index contributed by atoms with van der Waals surface area (Å²) in [5, 5.41) is 0. The number of imidazole rings is 1. The van der Waals surface area contributed by atoms with E-state index >= 15 is 0 Å². The summed E-state index contributed by atoms with van der Waals surface area (Å²) >= 11 is 0. The molecule has 168 valence electrons. The summed E-state index contributed by atoms with van der Waals surface area (Å²) in [7, 11) is 0. The highest BCUT2D eigenvalue weighted by molar-refractivity contribution is 5.97. The number of ether oxygens (including phenoxy) is 1. The number of pyridine rings is 1. The predicted molar refractivity (Wildman–Crippen MR) is 112 cm³/mol. The second-order valence-corrected chi connectivity index (χ2v) is 8.23. The highest BCUT2D eigenvalue weighted by atomic mass is 19.4. The largest absolute Gasteiger partial charge is 0.491 e. The molecule has 1 aliphatic heterocycles. The van der Waals surface area contributed by atoms with Crippen LogP contribution >= 0.6 is 0 Å². The minimum atomic E-state index is -4.46. The van der Waals surface area contributed by atoms with Crippen molar-refractivity contribution in [2.45, 2.75) is 31.1 Å². The number of hydrogen-bond donors (Lipinski definition) is 1. The van der Waals surface area contributed by atoms with Gasteiger partial charge in [-0.15, -0.1) is 0 Å². The molecule has 1 saturated carbocycles. The molecule has 0 bridgehead atoms. The zero-order chi connectivity index (χ0) is 22.9. The van der Waals surface area contributed by atoms with E-state index in [1.165, 1.54) is 12.3 Å². The Morgan fingerprint density at radius 3 is 2.76 bits per heavy atom. The van der Waals surface area contributed by atoms with Gasteiger partial charge in [0.1, 0.15) is 17.9 Å². The Kier molecular flexibility index (Phi) is 4.08. The molecule has 1 aliphatic carbocycles. The highest BCUT2D eigenvalue weighted by Gasteiger charge is 2.43. The van der Waals surface area contributed by atoms with E-state index in [1.807, 2.05) is 0 Å². The van der Waals surface area contributed by atoms with Crippen LogP contribution in [0.4, 0.5) is 19.0 Å². The van der Waals surface area contributed by atoms with Gasteiger partial charge in [0.2, 0.25) is 0 Å². The van der Waals surface area contributed by atoms with E-state index in [0.29, 0.717) is 27.8 Å². The van der Waals surface area contributed by atoms with Crippen molar-refractivity contribution in [1.29, 1.82) is 0 Å². The zero-order valence-electron chi connectivity index (χ0n) is 17.1. The van der Waals surface area contributed by atoms with E-state index in [4.69, 9.17) is 10.5 Å². The van der Waals surface area contributed by atoms with Gasteiger partial charge >= 0.3 is 6.18 Å². The van der Waals surface area contributed by atoms with E-state index in [9.17, 15) is 18.0 Å². The SMILES string of the molecule is Nc1nc2ncc(C(=O)N(C3CC3)C3COc4cc(C(F)(F)F)ccc43)cc2n2cncc12. The third-order valence-electron chi connectivity index (χ3n) is 6.09. The van der Waals surface area contributed by atoms with Crippen molar-refractivity contribution in [1.82, 2.24) is 24.3 Å². The quantitative estimate of drug-likeness (QED) is 0.508. The molecule has 4 heterocycles. The lowest BCUT2D eigenvalue weighted by atomic mass is 10.0. The van der Waals surface area contributed by atoms with E-state index in [2.05, 4.69) is 15.0 Å². The van der Waals surface area contributed by atoms with Gasteiger partial charge in [0.25, 0.3) is 5.91 Å². The van der Waals surface area contributed by atoms with Gasteiger partial charge in [0, 0.05) is 17.8 Å². The molecule has 33 heavy (non-hydrogen) atoms. The first-order valence-electron chi connectivity index (χ1n) is 10.3. The number of fused-ring (bicyclic) bond motifs is 4. The maximum Gasteiger partial charge on any atom is 0.416 e. The number of carbonyl (C=O) groups excluding carboxylic acids is 1. The first-order chi connectivity index (χ1) is 15.8. The molecule has 11 heteroatoms. The molecule has 1 amide bonds. The molecule has 0 radical (unpaired) electrons. The van der Waals surface area contributed by atoms with Crippen molar-refractivity contribution in [2.75, 3.05) is 12.3 Å². The van der Waals surface area contributed by atoms with Gasteiger partial charge in [-0.3, -0.25) is 9.20 Å². The number of rotatable bonds is 3. The molecule has 2 aliphatic rings. The second kappa shape index (κ2) is 6.80. The van der Waals surface area contributed by atoms with Crippen LogP contribution < -0.4 is 10.5 Å². The molecular weight excluding hydrogens is 437 g/mol. The van der Waals surface area contributed by atoms with Crippen LogP contribution in [-0.4, -0.2) is 42.8 Å².